The molecule has 0 bridgehead atoms. The number of anilines is 1. The molecule has 4 rings (SSSR count). The number of halogens is 2. The number of rotatable bonds is 4. The monoisotopic (exact) mass is 450 g/mol. The van der Waals surface area contributed by atoms with Gasteiger partial charge in [0.2, 0.25) is 0 Å². The Kier molecular flexibility index (Phi) is 5.27. The highest BCUT2D eigenvalue weighted by Gasteiger charge is 2.33. The molecule has 1 aliphatic heterocycles. The van der Waals surface area contributed by atoms with Crippen molar-refractivity contribution < 1.29 is 13.9 Å². The summed E-state index contributed by atoms with van der Waals surface area (Å²) in [5, 5.41) is 0. The van der Waals surface area contributed by atoms with E-state index in [-0.39, 0.29) is 17.4 Å². The van der Waals surface area contributed by atoms with Crippen LogP contribution in [0.1, 0.15) is 11.1 Å². The lowest BCUT2D eigenvalue weighted by molar-refractivity contribution is -0.113. The summed E-state index contributed by atoms with van der Waals surface area (Å²) in [6.45, 7) is 0. The fraction of sp³-hybridized carbons (Fsp3) is 0.0435. The second-order valence-corrected chi connectivity index (χ2v) is 7.25. The lowest BCUT2D eigenvalue weighted by Crippen LogP contribution is -2.32. The third-order valence-corrected chi connectivity index (χ3v) is 4.94. The average Bonchev–Trinajstić information content (AvgIpc) is 3.04. The van der Waals surface area contributed by atoms with Gasteiger partial charge in [0.25, 0.3) is 5.91 Å². The summed E-state index contributed by atoms with van der Waals surface area (Å²) >= 11 is 3.44. The molecule has 1 amide bonds. The number of hydrogen-bond acceptors (Lipinski definition) is 3. The predicted molar refractivity (Wildman–Crippen MR) is 116 cm³/mol. The van der Waals surface area contributed by atoms with Crippen LogP contribution in [0.15, 0.2) is 88.0 Å². The second kappa shape index (κ2) is 8.01. The minimum absolute atomic E-state index is 0.285. The number of ether oxygens (including phenoxy) is 1. The maximum absolute atomic E-state index is 13.4. The Morgan fingerprint density at radius 3 is 2.52 bits per heavy atom. The fourth-order valence-electron chi connectivity index (χ4n) is 3.11. The molecule has 0 aliphatic carbocycles. The molecule has 3 aromatic carbocycles. The lowest BCUT2D eigenvalue weighted by Gasteiger charge is -2.19. The van der Waals surface area contributed by atoms with Gasteiger partial charge in [-0.25, -0.2) is 9.38 Å². The van der Waals surface area contributed by atoms with Crippen molar-refractivity contribution in [3.63, 3.8) is 0 Å². The molecular weight excluding hydrogens is 435 g/mol. The number of amidine groups is 1. The first-order valence-corrected chi connectivity index (χ1v) is 9.65. The van der Waals surface area contributed by atoms with Crippen molar-refractivity contribution in [2.45, 2.75) is 0 Å². The minimum Gasteiger partial charge on any atom is -0.496 e. The average molecular weight is 451 g/mol. The van der Waals surface area contributed by atoms with Crippen LogP contribution in [-0.2, 0) is 4.79 Å². The molecule has 0 spiro atoms. The number of para-hydroxylation sites is 1. The van der Waals surface area contributed by atoms with Crippen molar-refractivity contribution in [2.24, 2.45) is 4.99 Å². The lowest BCUT2D eigenvalue weighted by atomic mass is 10.1. The molecule has 6 heteroatoms. The van der Waals surface area contributed by atoms with E-state index in [0.29, 0.717) is 22.8 Å². The van der Waals surface area contributed by atoms with Gasteiger partial charge in [-0.3, -0.25) is 9.69 Å². The standard InChI is InChI=1S/C23H16BrFN2O2/c1-29-21-8-3-2-7-19(21)22-26-20(14-15-5-4-6-16(24)13-15)23(28)27(22)18-11-9-17(25)10-12-18/h2-14H,1H3/b20-14+. The summed E-state index contributed by atoms with van der Waals surface area (Å²) in [7, 11) is 1.57. The zero-order valence-corrected chi connectivity index (χ0v) is 17.1. The Morgan fingerprint density at radius 1 is 1.03 bits per heavy atom. The van der Waals surface area contributed by atoms with Crippen molar-refractivity contribution >= 4 is 39.4 Å². The maximum Gasteiger partial charge on any atom is 0.282 e. The van der Waals surface area contributed by atoms with E-state index in [1.807, 2.05) is 42.5 Å². The number of carbonyl (C=O) groups is 1. The topological polar surface area (TPSA) is 41.9 Å². The highest BCUT2D eigenvalue weighted by Crippen LogP contribution is 2.31. The first kappa shape index (κ1) is 19.1. The van der Waals surface area contributed by atoms with Gasteiger partial charge in [-0.05, 0) is 60.2 Å². The van der Waals surface area contributed by atoms with E-state index in [4.69, 9.17) is 4.74 Å². The molecule has 29 heavy (non-hydrogen) atoms. The molecule has 0 aromatic heterocycles. The summed E-state index contributed by atoms with van der Waals surface area (Å²) in [4.78, 5) is 19.4. The summed E-state index contributed by atoms with van der Waals surface area (Å²) in [6.07, 6.45) is 1.73. The molecule has 4 nitrogen and oxygen atoms in total. The Labute approximate surface area is 176 Å². The minimum atomic E-state index is -0.374. The maximum atomic E-state index is 13.4. The number of benzene rings is 3. The van der Waals surface area contributed by atoms with Gasteiger partial charge in [0.1, 0.15) is 17.3 Å². The Balaban J connectivity index is 1.86. The molecule has 1 aliphatic rings. The van der Waals surface area contributed by atoms with E-state index in [1.54, 1.807) is 31.4 Å². The molecule has 0 N–H and O–H groups in total. The third kappa shape index (κ3) is 3.84. The molecule has 144 valence electrons. The van der Waals surface area contributed by atoms with Crippen LogP contribution in [0.2, 0.25) is 0 Å². The van der Waals surface area contributed by atoms with Crippen LogP contribution in [0, 0.1) is 5.82 Å². The van der Waals surface area contributed by atoms with Crippen molar-refractivity contribution in [2.75, 3.05) is 12.0 Å². The normalized spacial score (nSPS) is 15.0. The van der Waals surface area contributed by atoms with Crippen molar-refractivity contribution in [1.29, 1.82) is 0 Å². The zero-order valence-electron chi connectivity index (χ0n) is 15.5. The van der Waals surface area contributed by atoms with Crippen LogP contribution < -0.4 is 9.64 Å². The van der Waals surface area contributed by atoms with E-state index in [1.165, 1.54) is 17.0 Å². The number of aliphatic imine (C=N–C) groups is 1. The van der Waals surface area contributed by atoms with E-state index < -0.39 is 0 Å². The fourth-order valence-corrected chi connectivity index (χ4v) is 3.53. The van der Waals surface area contributed by atoms with Crippen LogP contribution in [0.4, 0.5) is 10.1 Å². The van der Waals surface area contributed by atoms with Crippen molar-refractivity contribution in [1.82, 2.24) is 0 Å². The molecular formula is C23H16BrFN2O2. The number of carbonyl (C=O) groups excluding carboxylic acids is 1. The largest absolute Gasteiger partial charge is 0.496 e. The Hall–Kier alpha value is -3.25. The van der Waals surface area contributed by atoms with Gasteiger partial charge in [-0.15, -0.1) is 0 Å². The number of methoxy groups -OCH3 is 1. The van der Waals surface area contributed by atoms with E-state index in [9.17, 15) is 9.18 Å². The van der Waals surface area contributed by atoms with Gasteiger partial charge in [-0.1, -0.05) is 40.2 Å². The van der Waals surface area contributed by atoms with Crippen LogP contribution in [0.5, 0.6) is 5.75 Å². The smallest absolute Gasteiger partial charge is 0.282 e. The number of hydrogen-bond donors (Lipinski definition) is 0. The highest BCUT2D eigenvalue weighted by molar-refractivity contribution is 9.10. The van der Waals surface area contributed by atoms with Crippen molar-refractivity contribution in [3.05, 3.63) is 99.9 Å². The molecule has 3 aromatic rings. The summed E-state index contributed by atoms with van der Waals surface area (Å²) in [5.41, 5.74) is 2.32. The molecule has 0 radical (unpaired) electrons. The van der Waals surface area contributed by atoms with Crippen LogP contribution in [-0.4, -0.2) is 18.9 Å². The molecule has 0 unspecified atom stereocenters. The van der Waals surface area contributed by atoms with Crippen molar-refractivity contribution in [3.8, 4) is 5.75 Å². The van der Waals surface area contributed by atoms with Gasteiger partial charge in [0, 0.05) is 4.47 Å². The highest BCUT2D eigenvalue weighted by atomic mass is 79.9. The first-order chi connectivity index (χ1) is 14.1. The van der Waals surface area contributed by atoms with E-state index in [0.717, 1.165) is 10.0 Å². The summed E-state index contributed by atoms with van der Waals surface area (Å²) in [6, 6.07) is 20.7. The first-order valence-electron chi connectivity index (χ1n) is 8.86. The number of nitrogens with zero attached hydrogens (tertiary/aromatic N) is 2. The quantitative estimate of drug-likeness (QED) is 0.497. The summed E-state index contributed by atoms with van der Waals surface area (Å²) in [5.74, 6) is 0.355. The van der Waals surface area contributed by atoms with Crippen LogP contribution in [0.3, 0.4) is 0 Å². The van der Waals surface area contributed by atoms with Gasteiger partial charge < -0.3 is 4.74 Å². The van der Waals surface area contributed by atoms with Gasteiger partial charge in [0.15, 0.2) is 5.84 Å². The number of amides is 1. The van der Waals surface area contributed by atoms with E-state index in [2.05, 4.69) is 20.9 Å². The Morgan fingerprint density at radius 2 is 1.79 bits per heavy atom. The SMILES string of the molecule is COc1ccccc1C1=N/C(=C/c2cccc(Br)c2)C(=O)N1c1ccc(F)cc1. The third-order valence-electron chi connectivity index (χ3n) is 4.45. The van der Waals surface area contributed by atoms with Gasteiger partial charge >= 0.3 is 0 Å². The predicted octanol–water partition coefficient (Wildman–Crippen LogP) is 5.43. The van der Waals surface area contributed by atoms with E-state index >= 15 is 0 Å². The van der Waals surface area contributed by atoms with Crippen LogP contribution >= 0.6 is 15.9 Å². The van der Waals surface area contributed by atoms with Gasteiger partial charge in [-0.2, -0.15) is 0 Å². The van der Waals surface area contributed by atoms with Crippen LogP contribution in [0.25, 0.3) is 6.08 Å². The molecule has 0 saturated carbocycles. The summed E-state index contributed by atoms with van der Waals surface area (Å²) < 4.78 is 19.8. The second-order valence-electron chi connectivity index (χ2n) is 6.34. The molecule has 0 atom stereocenters. The zero-order chi connectivity index (χ0) is 20.4. The van der Waals surface area contributed by atoms with Gasteiger partial charge in [0.05, 0.1) is 18.4 Å². The molecule has 1 heterocycles. The Bertz CT molecular complexity index is 1140. The molecule has 0 saturated heterocycles. The molecule has 0 fully saturated rings.